The van der Waals surface area contributed by atoms with Crippen LogP contribution in [-0.2, 0) is 11.2 Å². The van der Waals surface area contributed by atoms with Gasteiger partial charge in [-0.15, -0.1) is 12.4 Å². The van der Waals surface area contributed by atoms with Gasteiger partial charge in [-0.25, -0.2) is 0 Å². The van der Waals surface area contributed by atoms with Crippen LogP contribution < -0.4 is 5.32 Å². The molecule has 1 atom stereocenters. The van der Waals surface area contributed by atoms with Crippen molar-refractivity contribution in [2.24, 2.45) is 0 Å². The van der Waals surface area contributed by atoms with Crippen molar-refractivity contribution >= 4 is 28.3 Å². The fourth-order valence-corrected chi connectivity index (χ4v) is 1.85. The van der Waals surface area contributed by atoms with Gasteiger partial charge in [0.15, 0.2) is 0 Å². The van der Waals surface area contributed by atoms with Gasteiger partial charge in [-0.3, -0.25) is 5.32 Å². The lowest BCUT2D eigenvalue weighted by Gasteiger charge is -2.24. The van der Waals surface area contributed by atoms with Crippen LogP contribution in [0.3, 0.4) is 0 Å². The summed E-state index contributed by atoms with van der Waals surface area (Å²) < 4.78 is 6.71. The van der Waals surface area contributed by atoms with Gasteiger partial charge in [0.2, 0.25) is 0 Å². The lowest BCUT2D eigenvalue weighted by atomic mass is 10.1. The number of benzene rings is 1. The average molecular weight is 293 g/mol. The van der Waals surface area contributed by atoms with Crippen molar-refractivity contribution in [3.8, 4) is 0 Å². The monoisotopic (exact) mass is 291 g/mol. The standard InChI is InChI=1S/C11H14BrNO.ClH/c12-10-4-2-9(3-5-10)8-11-13-6-1-7-14-11;/h2-5,11,13H,1,6-8H2;1H. The molecule has 2 nitrogen and oxygen atoms in total. The first-order valence-electron chi connectivity index (χ1n) is 4.94. The van der Waals surface area contributed by atoms with Gasteiger partial charge in [-0.1, -0.05) is 28.1 Å². The molecule has 84 valence electrons. The zero-order valence-electron chi connectivity index (χ0n) is 8.41. The van der Waals surface area contributed by atoms with E-state index in [2.05, 4.69) is 45.5 Å². The third kappa shape index (κ3) is 4.11. The number of ether oxygens (including phenoxy) is 1. The number of hydrogen-bond acceptors (Lipinski definition) is 2. The number of hydrogen-bond donors (Lipinski definition) is 1. The van der Waals surface area contributed by atoms with Gasteiger partial charge < -0.3 is 4.74 Å². The van der Waals surface area contributed by atoms with Gasteiger partial charge in [0.05, 0.1) is 0 Å². The number of nitrogens with one attached hydrogen (secondary N) is 1. The summed E-state index contributed by atoms with van der Waals surface area (Å²) in [5, 5.41) is 3.35. The van der Waals surface area contributed by atoms with E-state index in [1.807, 2.05) is 0 Å². The molecule has 1 unspecified atom stereocenters. The van der Waals surface area contributed by atoms with Gasteiger partial charge in [0.25, 0.3) is 0 Å². The molecule has 0 saturated carbocycles. The Kier molecular flexibility index (Phi) is 5.61. The molecule has 1 saturated heterocycles. The summed E-state index contributed by atoms with van der Waals surface area (Å²) in [6.07, 6.45) is 2.27. The predicted molar refractivity (Wildman–Crippen MR) is 67.5 cm³/mol. The van der Waals surface area contributed by atoms with Crippen LogP contribution in [0.5, 0.6) is 0 Å². The van der Waals surface area contributed by atoms with Crippen LogP contribution in [0.4, 0.5) is 0 Å². The molecular weight excluding hydrogens is 277 g/mol. The summed E-state index contributed by atoms with van der Waals surface area (Å²) in [7, 11) is 0. The van der Waals surface area contributed by atoms with Crippen LogP contribution in [0.15, 0.2) is 28.7 Å². The first-order valence-corrected chi connectivity index (χ1v) is 5.73. The van der Waals surface area contributed by atoms with Gasteiger partial charge >= 0.3 is 0 Å². The Labute approximate surface area is 105 Å². The van der Waals surface area contributed by atoms with E-state index in [4.69, 9.17) is 4.74 Å². The Bertz CT molecular complexity index is 285. The van der Waals surface area contributed by atoms with Crippen LogP contribution in [0.25, 0.3) is 0 Å². The van der Waals surface area contributed by atoms with Crippen molar-refractivity contribution in [1.29, 1.82) is 0 Å². The normalized spacial score (nSPS) is 20.7. The molecule has 0 aliphatic carbocycles. The van der Waals surface area contributed by atoms with Gasteiger partial charge in [-0.2, -0.15) is 0 Å². The van der Waals surface area contributed by atoms with Gasteiger partial charge in [0, 0.05) is 17.5 Å². The van der Waals surface area contributed by atoms with E-state index in [-0.39, 0.29) is 18.6 Å². The van der Waals surface area contributed by atoms with Crippen molar-refractivity contribution in [2.75, 3.05) is 13.2 Å². The highest BCUT2D eigenvalue weighted by Crippen LogP contribution is 2.13. The fourth-order valence-electron chi connectivity index (χ4n) is 1.59. The minimum atomic E-state index is 0. The number of halogens is 2. The second-order valence-corrected chi connectivity index (χ2v) is 4.41. The van der Waals surface area contributed by atoms with Crippen LogP contribution >= 0.6 is 28.3 Å². The molecule has 15 heavy (non-hydrogen) atoms. The zero-order chi connectivity index (χ0) is 9.80. The SMILES string of the molecule is Brc1ccc(CC2NCCCO2)cc1.Cl. The molecule has 1 aliphatic heterocycles. The highest BCUT2D eigenvalue weighted by Gasteiger charge is 2.12. The quantitative estimate of drug-likeness (QED) is 0.905. The molecule has 1 N–H and O–H groups in total. The fraction of sp³-hybridized carbons (Fsp3) is 0.455. The first kappa shape index (κ1) is 13.0. The highest BCUT2D eigenvalue weighted by atomic mass is 79.9. The van der Waals surface area contributed by atoms with Crippen molar-refractivity contribution in [3.05, 3.63) is 34.3 Å². The molecule has 2 rings (SSSR count). The summed E-state index contributed by atoms with van der Waals surface area (Å²) in [6, 6.07) is 8.39. The Hall–Kier alpha value is -0.0900. The van der Waals surface area contributed by atoms with E-state index in [0.717, 1.165) is 30.5 Å². The van der Waals surface area contributed by atoms with Crippen LogP contribution in [0.2, 0.25) is 0 Å². The lowest BCUT2D eigenvalue weighted by Crippen LogP contribution is -2.39. The zero-order valence-corrected chi connectivity index (χ0v) is 10.8. The number of rotatable bonds is 2. The third-order valence-corrected chi connectivity index (χ3v) is 2.88. The molecule has 0 amide bonds. The summed E-state index contributed by atoms with van der Waals surface area (Å²) in [4.78, 5) is 0. The van der Waals surface area contributed by atoms with Gasteiger partial charge in [-0.05, 0) is 30.7 Å². The Morgan fingerprint density at radius 2 is 2.07 bits per heavy atom. The minimum Gasteiger partial charge on any atom is -0.363 e. The smallest absolute Gasteiger partial charge is 0.112 e. The van der Waals surface area contributed by atoms with E-state index >= 15 is 0 Å². The maximum absolute atomic E-state index is 5.59. The van der Waals surface area contributed by atoms with E-state index in [1.54, 1.807) is 0 Å². The second kappa shape index (κ2) is 6.48. The molecule has 0 aromatic heterocycles. The molecule has 0 radical (unpaired) electrons. The van der Waals surface area contributed by atoms with Crippen LogP contribution in [-0.4, -0.2) is 19.4 Å². The summed E-state index contributed by atoms with van der Waals surface area (Å²) in [6.45, 7) is 1.95. The largest absolute Gasteiger partial charge is 0.363 e. The molecule has 1 fully saturated rings. The molecular formula is C11H15BrClNO. The van der Waals surface area contributed by atoms with Crippen LogP contribution in [0, 0.1) is 0 Å². The van der Waals surface area contributed by atoms with Crippen molar-refractivity contribution in [1.82, 2.24) is 5.32 Å². The molecule has 4 heteroatoms. The first-order chi connectivity index (χ1) is 6.84. The summed E-state index contributed by atoms with van der Waals surface area (Å²) >= 11 is 3.42. The molecule has 0 spiro atoms. The molecule has 1 heterocycles. The molecule has 0 bridgehead atoms. The maximum Gasteiger partial charge on any atom is 0.112 e. The van der Waals surface area contributed by atoms with Crippen molar-refractivity contribution in [2.45, 2.75) is 19.1 Å². The Balaban J connectivity index is 0.00000112. The van der Waals surface area contributed by atoms with E-state index in [1.165, 1.54) is 5.56 Å². The van der Waals surface area contributed by atoms with Gasteiger partial charge in [0.1, 0.15) is 6.23 Å². The van der Waals surface area contributed by atoms with Crippen LogP contribution in [0.1, 0.15) is 12.0 Å². The minimum absolute atomic E-state index is 0. The molecule has 1 aliphatic rings. The predicted octanol–water partition coefficient (Wildman–Crippen LogP) is 2.75. The van der Waals surface area contributed by atoms with E-state index in [9.17, 15) is 0 Å². The van der Waals surface area contributed by atoms with E-state index < -0.39 is 0 Å². The Morgan fingerprint density at radius 3 is 2.67 bits per heavy atom. The highest BCUT2D eigenvalue weighted by molar-refractivity contribution is 9.10. The lowest BCUT2D eigenvalue weighted by molar-refractivity contribution is 0.00195. The van der Waals surface area contributed by atoms with Crippen molar-refractivity contribution in [3.63, 3.8) is 0 Å². The summed E-state index contributed by atoms with van der Waals surface area (Å²) in [5.41, 5.74) is 1.31. The third-order valence-electron chi connectivity index (χ3n) is 2.35. The topological polar surface area (TPSA) is 21.3 Å². The molecule has 1 aromatic carbocycles. The Morgan fingerprint density at radius 1 is 1.33 bits per heavy atom. The summed E-state index contributed by atoms with van der Waals surface area (Å²) in [5.74, 6) is 0. The average Bonchev–Trinajstić information content (AvgIpc) is 2.23. The second-order valence-electron chi connectivity index (χ2n) is 3.50. The van der Waals surface area contributed by atoms with E-state index in [0.29, 0.717) is 0 Å². The maximum atomic E-state index is 5.59. The molecule has 1 aromatic rings. The van der Waals surface area contributed by atoms with Crippen molar-refractivity contribution < 1.29 is 4.74 Å².